The van der Waals surface area contributed by atoms with E-state index in [1.807, 2.05) is 11.8 Å². The number of pyridine rings is 1. The van der Waals surface area contributed by atoms with E-state index in [9.17, 15) is 4.79 Å². The molecule has 0 unspecified atom stereocenters. The quantitative estimate of drug-likeness (QED) is 0.646. The Labute approximate surface area is 119 Å². The molecule has 0 saturated carbocycles. The largest absolute Gasteiger partial charge is 0.478 e. The topological polar surface area (TPSA) is 62.2 Å². The Morgan fingerprint density at radius 2 is 2.11 bits per heavy atom. The molecule has 4 nitrogen and oxygen atoms in total. The van der Waals surface area contributed by atoms with E-state index in [1.165, 1.54) is 37.6 Å². The summed E-state index contributed by atoms with van der Waals surface area (Å²) >= 11 is 1.90. The van der Waals surface area contributed by atoms with Crippen LogP contribution in [0.4, 0.5) is 0 Å². The van der Waals surface area contributed by atoms with Crippen LogP contribution in [0.5, 0.6) is 0 Å². The summed E-state index contributed by atoms with van der Waals surface area (Å²) in [6, 6.07) is 3.35. The molecule has 0 fully saturated rings. The number of unbranched alkanes of at least 4 members (excludes halogenated alkanes) is 3. The molecule has 1 heterocycles. The van der Waals surface area contributed by atoms with Gasteiger partial charge in [0, 0.05) is 12.7 Å². The number of nitrogens with zero attached hydrogens (tertiary/aromatic N) is 1. The Kier molecular flexibility index (Phi) is 8.25. The smallest absolute Gasteiger partial charge is 0.337 e. The van der Waals surface area contributed by atoms with Gasteiger partial charge in [-0.2, -0.15) is 11.8 Å². The van der Waals surface area contributed by atoms with Crippen LogP contribution in [0.25, 0.3) is 0 Å². The van der Waals surface area contributed by atoms with Crippen molar-refractivity contribution in [2.45, 2.75) is 32.2 Å². The fourth-order valence-corrected chi connectivity index (χ4v) is 2.21. The van der Waals surface area contributed by atoms with Crippen LogP contribution in [0, 0.1) is 0 Å². The lowest BCUT2D eigenvalue weighted by atomic mass is 10.2. The van der Waals surface area contributed by atoms with E-state index < -0.39 is 5.97 Å². The summed E-state index contributed by atoms with van der Waals surface area (Å²) in [6.45, 7) is 1.69. The van der Waals surface area contributed by atoms with Crippen LogP contribution < -0.4 is 5.32 Å². The lowest BCUT2D eigenvalue weighted by Gasteiger charge is -2.04. The summed E-state index contributed by atoms with van der Waals surface area (Å²) in [4.78, 5) is 14.8. The number of aromatic carboxylic acids is 1. The second-order valence-electron chi connectivity index (χ2n) is 4.43. The number of carboxylic acid groups (broad SMARTS) is 1. The van der Waals surface area contributed by atoms with E-state index >= 15 is 0 Å². The maximum atomic E-state index is 10.7. The van der Waals surface area contributed by atoms with Crippen molar-refractivity contribution in [3.8, 4) is 0 Å². The van der Waals surface area contributed by atoms with Crippen molar-refractivity contribution in [2.24, 2.45) is 0 Å². The lowest BCUT2D eigenvalue weighted by Crippen LogP contribution is -2.15. The van der Waals surface area contributed by atoms with E-state index in [0.717, 1.165) is 12.2 Å². The first-order chi connectivity index (χ1) is 9.24. The van der Waals surface area contributed by atoms with Crippen LogP contribution >= 0.6 is 11.8 Å². The van der Waals surface area contributed by atoms with Gasteiger partial charge < -0.3 is 10.4 Å². The van der Waals surface area contributed by atoms with Crippen LogP contribution in [0.2, 0.25) is 0 Å². The average molecular weight is 282 g/mol. The number of hydrogen-bond acceptors (Lipinski definition) is 4. The summed E-state index contributed by atoms with van der Waals surface area (Å²) in [7, 11) is 0. The molecule has 0 bridgehead atoms. The molecule has 1 aromatic heterocycles. The molecule has 1 aromatic rings. The monoisotopic (exact) mass is 282 g/mol. The van der Waals surface area contributed by atoms with Crippen LogP contribution in [0.3, 0.4) is 0 Å². The molecular formula is C14H22N2O2S. The van der Waals surface area contributed by atoms with Gasteiger partial charge in [-0.1, -0.05) is 12.8 Å². The van der Waals surface area contributed by atoms with Gasteiger partial charge in [0.2, 0.25) is 0 Å². The molecule has 1 rings (SSSR count). The van der Waals surface area contributed by atoms with E-state index in [-0.39, 0.29) is 5.56 Å². The first kappa shape index (κ1) is 16.0. The second kappa shape index (κ2) is 9.81. The van der Waals surface area contributed by atoms with E-state index in [0.29, 0.717) is 6.54 Å². The van der Waals surface area contributed by atoms with Crippen molar-refractivity contribution in [1.29, 1.82) is 0 Å². The van der Waals surface area contributed by atoms with Gasteiger partial charge in [-0.3, -0.25) is 4.98 Å². The lowest BCUT2D eigenvalue weighted by molar-refractivity contribution is 0.0696. The number of hydrogen-bond donors (Lipinski definition) is 2. The Bertz CT molecular complexity index is 368. The van der Waals surface area contributed by atoms with Crippen LogP contribution in [-0.2, 0) is 6.54 Å². The highest BCUT2D eigenvalue weighted by Gasteiger charge is 2.02. The molecule has 0 spiro atoms. The van der Waals surface area contributed by atoms with Gasteiger partial charge in [0.25, 0.3) is 0 Å². The van der Waals surface area contributed by atoms with Gasteiger partial charge in [0.15, 0.2) is 0 Å². The van der Waals surface area contributed by atoms with Crippen molar-refractivity contribution in [1.82, 2.24) is 10.3 Å². The van der Waals surface area contributed by atoms with E-state index in [4.69, 9.17) is 5.11 Å². The Hall–Kier alpha value is -1.07. The molecule has 5 heteroatoms. The number of aromatic nitrogens is 1. The zero-order valence-electron chi connectivity index (χ0n) is 11.4. The summed E-state index contributed by atoms with van der Waals surface area (Å²) in [5.74, 6) is 0.324. The van der Waals surface area contributed by atoms with E-state index in [1.54, 1.807) is 12.1 Å². The highest BCUT2D eigenvalue weighted by molar-refractivity contribution is 7.98. The molecule has 2 N–H and O–H groups in total. The third-order valence-electron chi connectivity index (χ3n) is 2.83. The Morgan fingerprint density at radius 1 is 1.32 bits per heavy atom. The molecule has 0 aliphatic heterocycles. The first-order valence-corrected chi connectivity index (χ1v) is 8.01. The molecule has 0 aliphatic carbocycles. The molecule has 0 aliphatic rings. The number of nitrogens with one attached hydrogen (secondary N) is 1. The fraction of sp³-hybridized carbons (Fsp3) is 0.571. The summed E-state index contributed by atoms with van der Waals surface area (Å²) in [5.41, 5.74) is 1.12. The zero-order chi connectivity index (χ0) is 13.9. The van der Waals surface area contributed by atoms with Crippen molar-refractivity contribution in [2.75, 3.05) is 18.6 Å². The second-order valence-corrected chi connectivity index (χ2v) is 5.41. The SMILES string of the molecule is CSCCCCCCNCc1ccc(C(=O)O)cn1. The molecule has 0 amide bonds. The molecule has 0 radical (unpaired) electrons. The molecular weight excluding hydrogens is 260 g/mol. The predicted molar refractivity (Wildman–Crippen MR) is 79.8 cm³/mol. The third-order valence-corrected chi connectivity index (χ3v) is 3.53. The molecule has 0 saturated heterocycles. The standard InChI is InChI=1S/C14H22N2O2S/c1-19-9-5-3-2-4-8-15-11-13-7-6-12(10-16-13)14(17)18/h6-7,10,15H,2-5,8-9,11H2,1H3,(H,17,18). The van der Waals surface area contributed by atoms with Crippen LogP contribution in [-0.4, -0.2) is 34.6 Å². The normalized spacial score (nSPS) is 10.6. The number of thioether (sulfide) groups is 1. The highest BCUT2D eigenvalue weighted by atomic mass is 32.2. The zero-order valence-corrected chi connectivity index (χ0v) is 12.2. The summed E-state index contributed by atoms with van der Waals surface area (Å²) < 4.78 is 0. The van der Waals surface area contributed by atoms with Crippen LogP contribution in [0.15, 0.2) is 18.3 Å². The first-order valence-electron chi connectivity index (χ1n) is 6.62. The number of rotatable bonds is 10. The number of carbonyl (C=O) groups is 1. The molecule has 0 aromatic carbocycles. The highest BCUT2D eigenvalue weighted by Crippen LogP contribution is 2.04. The Balaban J connectivity index is 2.07. The summed E-state index contributed by atoms with van der Waals surface area (Å²) in [5, 5.41) is 12.1. The Morgan fingerprint density at radius 3 is 2.74 bits per heavy atom. The van der Waals surface area contributed by atoms with Gasteiger partial charge in [0.1, 0.15) is 0 Å². The van der Waals surface area contributed by atoms with Crippen molar-refractivity contribution >= 4 is 17.7 Å². The molecule has 19 heavy (non-hydrogen) atoms. The summed E-state index contributed by atoms with van der Waals surface area (Å²) in [6.07, 6.45) is 8.60. The average Bonchev–Trinajstić information content (AvgIpc) is 2.42. The minimum Gasteiger partial charge on any atom is -0.478 e. The third kappa shape index (κ3) is 7.18. The van der Waals surface area contributed by atoms with Gasteiger partial charge in [-0.25, -0.2) is 4.79 Å². The van der Waals surface area contributed by atoms with Crippen molar-refractivity contribution < 1.29 is 9.90 Å². The van der Waals surface area contributed by atoms with Gasteiger partial charge in [0.05, 0.1) is 11.3 Å². The number of carboxylic acids is 1. The van der Waals surface area contributed by atoms with Crippen molar-refractivity contribution in [3.63, 3.8) is 0 Å². The van der Waals surface area contributed by atoms with E-state index in [2.05, 4.69) is 16.6 Å². The van der Waals surface area contributed by atoms with Gasteiger partial charge in [-0.15, -0.1) is 0 Å². The molecule has 106 valence electrons. The fourth-order valence-electron chi connectivity index (χ4n) is 1.72. The van der Waals surface area contributed by atoms with Crippen LogP contribution in [0.1, 0.15) is 41.7 Å². The van der Waals surface area contributed by atoms with Gasteiger partial charge >= 0.3 is 5.97 Å². The molecule has 0 atom stereocenters. The predicted octanol–water partition coefficient (Wildman–Crippen LogP) is 2.79. The minimum absolute atomic E-state index is 0.234. The van der Waals surface area contributed by atoms with Crippen molar-refractivity contribution in [3.05, 3.63) is 29.6 Å². The van der Waals surface area contributed by atoms with Gasteiger partial charge in [-0.05, 0) is 43.5 Å². The minimum atomic E-state index is -0.933. The maximum Gasteiger partial charge on any atom is 0.337 e. The maximum absolute atomic E-state index is 10.7.